The van der Waals surface area contributed by atoms with Gasteiger partial charge in [0.25, 0.3) is 0 Å². The van der Waals surface area contributed by atoms with Crippen LogP contribution in [0.15, 0.2) is 4.52 Å². The van der Waals surface area contributed by atoms with E-state index in [2.05, 4.69) is 22.0 Å². The molecule has 0 spiro atoms. The Hall–Kier alpha value is -0.900. The van der Waals surface area contributed by atoms with E-state index < -0.39 is 0 Å². The number of rotatable bonds is 1. The van der Waals surface area contributed by atoms with Crippen LogP contribution < -0.4 is 0 Å². The van der Waals surface area contributed by atoms with Crippen molar-refractivity contribution in [1.29, 1.82) is 0 Å². The maximum absolute atomic E-state index is 5.32. The summed E-state index contributed by atoms with van der Waals surface area (Å²) in [5, 5.41) is 3.90. The summed E-state index contributed by atoms with van der Waals surface area (Å²) in [5.41, 5.74) is 0. The first-order valence-corrected chi connectivity index (χ1v) is 5.76. The zero-order valence-corrected chi connectivity index (χ0v) is 9.31. The van der Waals surface area contributed by atoms with E-state index in [1.807, 2.05) is 6.92 Å². The number of aromatic nitrogens is 2. The summed E-state index contributed by atoms with van der Waals surface area (Å²) < 4.78 is 5.32. The standard InChI is InChI=1S/C11H17N3O/c1-7-5-14-4-3-9(7)10(6-14)11-12-8(2)13-15-11/h7,9-10H,3-6H2,1-2H3. The van der Waals surface area contributed by atoms with Crippen LogP contribution in [0.5, 0.6) is 0 Å². The molecule has 4 atom stereocenters. The zero-order valence-electron chi connectivity index (χ0n) is 9.31. The molecule has 3 fully saturated rings. The van der Waals surface area contributed by atoms with Gasteiger partial charge in [0.05, 0.1) is 5.92 Å². The number of fused-ring (bicyclic) bond motifs is 3. The predicted molar refractivity (Wildman–Crippen MR) is 55.5 cm³/mol. The molecule has 0 N–H and O–H groups in total. The molecule has 4 rings (SSSR count). The highest BCUT2D eigenvalue weighted by molar-refractivity contribution is 5.04. The minimum absolute atomic E-state index is 0.476. The largest absolute Gasteiger partial charge is 0.339 e. The van der Waals surface area contributed by atoms with E-state index in [0.717, 1.165) is 30.1 Å². The summed E-state index contributed by atoms with van der Waals surface area (Å²) in [4.78, 5) is 6.91. The van der Waals surface area contributed by atoms with E-state index in [9.17, 15) is 0 Å². The number of nitrogens with zero attached hydrogens (tertiary/aromatic N) is 3. The molecule has 0 radical (unpaired) electrons. The lowest BCUT2D eigenvalue weighted by Crippen LogP contribution is -2.50. The van der Waals surface area contributed by atoms with Crippen molar-refractivity contribution in [2.24, 2.45) is 11.8 Å². The first kappa shape index (κ1) is 9.33. The van der Waals surface area contributed by atoms with Crippen LogP contribution in [-0.2, 0) is 0 Å². The van der Waals surface area contributed by atoms with Gasteiger partial charge in [-0.25, -0.2) is 0 Å². The highest BCUT2D eigenvalue weighted by Crippen LogP contribution is 2.41. The molecular weight excluding hydrogens is 190 g/mol. The zero-order chi connectivity index (χ0) is 10.4. The van der Waals surface area contributed by atoms with Gasteiger partial charge < -0.3 is 9.42 Å². The van der Waals surface area contributed by atoms with E-state index in [0.29, 0.717) is 5.92 Å². The van der Waals surface area contributed by atoms with Crippen molar-refractivity contribution in [3.05, 3.63) is 11.7 Å². The Morgan fingerprint density at radius 1 is 1.40 bits per heavy atom. The van der Waals surface area contributed by atoms with E-state index in [4.69, 9.17) is 4.52 Å². The van der Waals surface area contributed by atoms with Gasteiger partial charge in [0.15, 0.2) is 5.82 Å². The van der Waals surface area contributed by atoms with Gasteiger partial charge >= 0.3 is 0 Å². The van der Waals surface area contributed by atoms with Crippen molar-refractivity contribution in [2.45, 2.75) is 26.2 Å². The van der Waals surface area contributed by atoms with Crippen LogP contribution >= 0.6 is 0 Å². The lowest BCUT2D eigenvalue weighted by Gasteiger charge is -2.47. The van der Waals surface area contributed by atoms with Crippen molar-refractivity contribution in [3.63, 3.8) is 0 Å². The highest BCUT2D eigenvalue weighted by atomic mass is 16.5. The third-order valence-corrected chi connectivity index (χ3v) is 3.89. The molecule has 1 aromatic rings. The smallest absolute Gasteiger partial charge is 0.231 e. The maximum Gasteiger partial charge on any atom is 0.231 e. The topological polar surface area (TPSA) is 42.2 Å². The van der Waals surface area contributed by atoms with Crippen LogP contribution in [0.25, 0.3) is 0 Å². The lowest BCUT2D eigenvalue weighted by molar-refractivity contribution is 0.0272. The van der Waals surface area contributed by atoms with Crippen molar-refractivity contribution in [3.8, 4) is 0 Å². The molecule has 15 heavy (non-hydrogen) atoms. The Bertz CT molecular complexity index is 362. The lowest BCUT2D eigenvalue weighted by atomic mass is 9.73. The van der Waals surface area contributed by atoms with E-state index in [1.165, 1.54) is 19.5 Å². The molecule has 0 amide bonds. The number of aryl methyl sites for hydroxylation is 1. The molecule has 0 aromatic carbocycles. The van der Waals surface area contributed by atoms with Gasteiger partial charge in [-0.05, 0) is 31.7 Å². The van der Waals surface area contributed by atoms with Crippen LogP contribution in [0, 0.1) is 18.8 Å². The molecule has 1 aromatic heterocycles. The molecule has 0 aliphatic carbocycles. The Kier molecular flexibility index (Phi) is 2.06. The summed E-state index contributed by atoms with van der Waals surface area (Å²) in [6.07, 6.45) is 1.28. The van der Waals surface area contributed by atoms with Gasteiger partial charge in [-0.2, -0.15) is 4.98 Å². The molecule has 4 unspecified atom stereocenters. The minimum Gasteiger partial charge on any atom is -0.339 e. The second-order valence-electron chi connectivity index (χ2n) is 4.98. The average molecular weight is 207 g/mol. The van der Waals surface area contributed by atoms with Crippen molar-refractivity contribution in [1.82, 2.24) is 15.0 Å². The average Bonchev–Trinajstić information content (AvgIpc) is 2.65. The number of hydrogen-bond donors (Lipinski definition) is 0. The van der Waals surface area contributed by atoms with Gasteiger partial charge in [-0.3, -0.25) is 0 Å². The van der Waals surface area contributed by atoms with E-state index in [1.54, 1.807) is 0 Å². The second-order valence-corrected chi connectivity index (χ2v) is 4.98. The van der Waals surface area contributed by atoms with Crippen LogP contribution in [-0.4, -0.2) is 34.7 Å². The summed E-state index contributed by atoms with van der Waals surface area (Å²) in [6.45, 7) is 7.83. The first-order chi connectivity index (χ1) is 7.24. The molecule has 3 aliphatic heterocycles. The van der Waals surface area contributed by atoms with Gasteiger partial charge in [0, 0.05) is 13.1 Å². The van der Waals surface area contributed by atoms with Crippen molar-refractivity contribution in [2.75, 3.05) is 19.6 Å². The second kappa shape index (κ2) is 3.30. The summed E-state index contributed by atoms with van der Waals surface area (Å²) in [5.74, 6) is 3.60. The van der Waals surface area contributed by atoms with Gasteiger partial charge in [-0.15, -0.1) is 0 Å². The summed E-state index contributed by atoms with van der Waals surface area (Å²) in [6, 6.07) is 0. The molecule has 4 nitrogen and oxygen atoms in total. The quantitative estimate of drug-likeness (QED) is 0.698. The fraction of sp³-hybridized carbons (Fsp3) is 0.818. The third kappa shape index (κ3) is 1.47. The summed E-state index contributed by atoms with van der Waals surface area (Å²) >= 11 is 0. The third-order valence-electron chi connectivity index (χ3n) is 3.89. The van der Waals surface area contributed by atoms with Gasteiger partial charge in [-0.1, -0.05) is 12.1 Å². The summed E-state index contributed by atoms with van der Waals surface area (Å²) in [7, 11) is 0. The van der Waals surface area contributed by atoms with Crippen LogP contribution in [0.3, 0.4) is 0 Å². The van der Waals surface area contributed by atoms with Crippen LogP contribution in [0.4, 0.5) is 0 Å². The number of piperidine rings is 3. The molecule has 2 bridgehead atoms. The molecule has 0 saturated carbocycles. The predicted octanol–water partition coefficient (Wildman–Crippen LogP) is 1.43. The fourth-order valence-corrected chi connectivity index (χ4v) is 3.15. The molecule has 82 valence electrons. The maximum atomic E-state index is 5.32. The molecular formula is C11H17N3O. The molecule has 4 heteroatoms. The van der Waals surface area contributed by atoms with Crippen molar-refractivity contribution < 1.29 is 4.52 Å². The van der Waals surface area contributed by atoms with E-state index in [-0.39, 0.29) is 0 Å². The molecule has 3 aliphatic rings. The normalized spacial score (nSPS) is 39.6. The first-order valence-electron chi connectivity index (χ1n) is 5.76. The van der Waals surface area contributed by atoms with Crippen LogP contribution in [0.2, 0.25) is 0 Å². The van der Waals surface area contributed by atoms with Crippen LogP contribution in [0.1, 0.15) is 31.0 Å². The Balaban J connectivity index is 1.88. The van der Waals surface area contributed by atoms with Gasteiger partial charge in [0.1, 0.15) is 0 Å². The Labute approximate surface area is 89.6 Å². The SMILES string of the molecule is Cc1noc(C2CN3CCC2C(C)C3)n1. The monoisotopic (exact) mass is 207 g/mol. The fourth-order valence-electron chi connectivity index (χ4n) is 3.15. The van der Waals surface area contributed by atoms with E-state index >= 15 is 0 Å². The van der Waals surface area contributed by atoms with Crippen molar-refractivity contribution >= 4 is 0 Å². The molecule has 3 saturated heterocycles. The molecule has 4 heterocycles. The number of hydrogen-bond acceptors (Lipinski definition) is 4. The Morgan fingerprint density at radius 3 is 2.87 bits per heavy atom. The highest BCUT2D eigenvalue weighted by Gasteiger charge is 2.41. The van der Waals surface area contributed by atoms with Gasteiger partial charge in [0.2, 0.25) is 5.89 Å². The Morgan fingerprint density at radius 2 is 2.27 bits per heavy atom. The minimum atomic E-state index is 0.476.